The van der Waals surface area contributed by atoms with E-state index in [1.54, 1.807) is 63.1 Å². The lowest BCUT2D eigenvalue weighted by Crippen LogP contribution is -2.40. The van der Waals surface area contributed by atoms with Crippen LogP contribution in [0.25, 0.3) is 20.2 Å². The minimum Gasteiger partial charge on any atom is -0.504 e. The molecule has 3 amide bonds. The molecule has 48 heteroatoms. The van der Waals surface area contributed by atoms with Gasteiger partial charge in [-0.15, -0.1) is 69.9 Å². The Kier molecular flexibility index (Phi) is 61.2. The lowest BCUT2D eigenvalue weighted by molar-refractivity contribution is -0.143. The SMILES string of the molecule is BrB(Br)Br.C.CCOC(=O)CCC(=O)c1ccc(OC)c(OC)c1O.CCOC(=O)CN.COCC/C(=N\NC(=O)CCC(=O)c1ccc(OC)c(OC)c1O)c1csc2c(F)cccc12.COCCC(=O)c1csc2c(F)cccc12.COc1ccc(C(=O)NCC(=O)NN)c(O)c1OC.COc1ccc(C(=O)O)c(O)c1OC.COc1ccc(C(=O)O)c(OC)c1OC.N=N.O.[HH]. The number of amides is 3. The number of hydrogen-bond donors (Lipinski definition) is 13. The number of esters is 2. The van der Waals surface area contributed by atoms with Crippen molar-refractivity contribution in [3.05, 3.63) is 158 Å². The van der Waals surface area contributed by atoms with Gasteiger partial charge in [0.1, 0.15) is 22.8 Å². The number of halogens is 5. The lowest BCUT2D eigenvalue weighted by atomic mass is 10.0. The number of Topliss-reactive ketones (excluding diaryl/α,β-unsaturated/α-hetero) is 3. The van der Waals surface area contributed by atoms with Gasteiger partial charge in [-0.3, -0.25) is 43.8 Å². The number of aromatic hydroxyl groups is 4. The van der Waals surface area contributed by atoms with Crippen LogP contribution in [0.4, 0.5) is 8.78 Å². The van der Waals surface area contributed by atoms with Gasteiger partial charge in [0.05, 0.1) is 156 Å². The summed E-state index contributed by atoms with van der Waals surface area (Å²) in [7, 11) is 18.4. The average Bonchev–Trinajstić information content (AvgIpc) is 1.58. The number of carbonyl (C=O) groups is 10. The molecule has 17 N–H and O–H groups in total. The first-order chi connectivity index (χ1) is 62.5. The van der Waals surface area contributed by atoms with E-state index in [2.05, 4.69) is 67.9 Å². The standard InChI is InChI=1S/C24H25FN2O6S.C14H18O6.C12H11FO2S.C11H15N3O5.C10H12O5.C9H10O5.C4H9NO2.CH4.BBr3.H2N2.H2O.H2/c1-31-12-11-18(16-13-34-24-14(16)5-4-6-17(24)25)26-27-21(29)10-8-19(28)15-7-9-20(32-2)23(33-3)22(15)30;1-4-20-12(16)8-6-10(15)9-5-7-11(18-2)14(19-3)13(9)17;1-15-6-5-11(14)9-7-16-12-8(9)3-2-4-10(12)13;1-18-7-4-3-6(9(16)10(7)19-2)11(17)13-5-8(15)14-12;1-13-7-5-4-6(10(11)12)8(14-2)9(7)15-3;1-13-6-4-3-5(9(11)12)7(10)8(6)14-2;1-2-7-4(6)3-5;;2-1(3)4;1-2;;/h4-7,9,13,30H,8,10-12H2,1-3H3,(H,27,29);5,7,17H,4,6,8H2,1-3H3;2-4,7H,5-6H2,1H3;3-4,16H,5,12H2,1-2H3,(H,13,17)(H,14,15);4-5H,1-3H3,(H,11,12);3-4,10H,1-2H3,(H,11,12);2-3,5H2,1H3;1H4;;1-2H;1H2;1H/b26-18+;;;;;;;;;;;. The molecular formula is C85H110BBr3F2N8O32S2. The Morgan fingerprint density at radius 2 is 0.789 bits per heavy atom. The quantitative estimate of drug-likeness (QED) is 0.00253. The van der Waals surface area contributed by atoms with Gasteiger partial charge in [0, 0.05) is 80.4 Å². The summed E-state index contributed by atoms with van der Waals surface area (Å²) in [5.41, 5.74) is 21.0. The number of hydrogen-bond acceptors (Lipinski definition) is 36. The molecular weight excluding hydrogens is 2000 g/mol. The second-order valence-corrected chi connectivity index (χ2v) is 32.7. The molecule has 0 saturated heterocycles. The number of ether oxygens (including phenoxy) is 15. The molecule has 0 unspecified atom stereocenters. The topological polar surface area (TPSA) is 610 Å². The molecule has 732 valence electrons. The van der Waals surface area contributed by atoms with Crippen molar-refractivity contribution in [3.63, 3.8) is 0 Å². The van der Waals surface area contributed by atoms with E-state index in [1.807, 2.05) is 5.43 Å². The molecule has 0 aliphatic rings. The largest absolute Gasteiger partial charge is 0.504 e. The summed E-state index contributed by atoms with van der Waals surface area (Å²) in [6, 6.07) is 23.9. The summed E-state index contributed by atoms with van der Waals surface area (Å²) in [4.78, 5) is 114. The van der Waals surface area contributed by atoms with Crippen molar-refractivity contribution in [2.24, 2.45) is 16.7 Å². The van der Waals surface area contributed by atoms with E-state index in [1.165, 1.54) is 174 Å². The van der Waals surface area contributed by atoms with Gasteiger partial charge in [-0.25, -0.2) is 40.7 Å². The number of fused-ring (bicyclic) bond motifs is 2. The number of nitrogens with two attached hydrogens (primary N) is 2. The highest BCUT2D eigenvalue weighted by atomic mass is 79.9. The maximum Gasteiger partial charge on any atom is 0.369 e. The van der Waals surface area contributed by atoms with Crippen LogP contribution in [-0.4, -0.2) is 236 Å². The van der Waals surface area contributed by atoms with Crippen LogP contribution in [0.2, 0.25) is 0 Å². The monoisotopic (exact) mass is 2100 g/mol. The third kappa shape index (κ3) is 38.5. The molecule has 0 fully saturated rings. The van der Waals surface area contributed by atoms with Crippen LogP contribution in [0.1, 0.15) is 129 Å². The van der Waals surface area contributed by atoms with Gasteiger partial charge in [-0.05, 0) is 86.6 Å². The minimum absolute atomic E-state index is 0. The van der Waals surface area contributed by atoms with Crippen LogP contribution in [0.5, 0.6) is 86.2 Å². The normalized spacial score (nSPS) is 9.86. The number of nitrogens with zero attached hydrogens (tertiary/aromatic N) is 1. The number of phenolic OH excluding ortho intramolecular Hbond substituents is 3. The number of thiophene rings is 2. The zero-order chi connectivity index (χ0) is 99.2. The van der Waals surface area contributed by atoms with E-state index < -0.39 is 47.2 Å². The molecule has 7 aromatic carbocycles. The van der Waals surface area contributed by atoms with Crippen molar-refractivity contribution < 1.29 is 165 Å². The number of carboxylic acid groups (broad SMARTS) is 2. The van der Waals surface area contributed by atoms with Crippen LogP contribution in [0.15, 0.2) is 113 Å². The molecule has 133 heavy (non-hydrogen) atoms. The smallest absolute Gasteiger partial charge is 0.369 e. The molecule has 2 aromatic heterocycles. The van der Waals surface area contributed by atoms with E-state index in [0.29, 0.717) is 81.2 Å². The Balaban J connectivity index is -0.00000153. The highest BCUT2D eigenvalue weighted by Crippen LogP contribution is 2.44. The van der Waals surface area contributed by atoms with Gasteiger partial charge < -0.3 is 118 Å². The molecule has 9 rings (SSSR count). The Morgan fingerprint density at radius 3 is 1.17 bits per heavy atom. The number of rotatable bonds is 36. The van der Waals surface area contributed by atoms with Gasteiger partial charge in [0.25, 0.3) is 11.8 Å². The first kappa shape index (κ1) is 122. The highest BCUT2D eigenvalue weighted by molar-refractivity contribution is 9.69. The van der Waals surface area contributed by atoms with Crippen LogP contribution in [0.3, 0.4) is 0 Å². The molecule has 9 aromatic rings. The van der Waals surface area contributed by atoms with Gasteiger partial charge >= 0.3 is 27.1 Å². The fourth-order valence-electron chi connectivity index (χ4n) is 10.6. The highest BCUT2D eigenvalue weighted by Gasteiger charge is 2.26. The van der Waals surface area contributed by atoms with Crippen molar-refractivity contribution in [2.75, 3.05) is 132 Å². The summed E-state index contributed by atoms with van der Waals surface area (Å²) < 4.78 is 103. The maximum absolute atomic E-state index is 14.1. The summed E-state index contributed by atoms with van der Waals surface area (Å²) in [6.45, 7) is 4.55. The van der Waals surface area contributed by atoms with E-state index in [9.17, 15) is 77.2 Å². The second-order valence-electron chi connectivity index (χ2n) is 24.5. The Bertz CT molecular complexity index is 5300. The zero-order valence-electron chi connectivity index (χ0n) is 74.2. The van der Waals surface area contributed by atoms with Crippen LogP contribution >= 0.6 is 69.9 Å². The Labute approximate surface area is 798 Å². The molecule has 0 aliphatic heterocycles. The molecule has 0 spiro atoms. The minimum atomic E-state index is -1.22. The Morgan fingerprint density at radius 1 is 0.444 bits per heavy atom. The lowest BCUT2D eigenvalue weighted by Gasteiger charge is -2.13. The number of hydrazone groups is 1. The van der Waals surface area contributed by atoms with Gasteiger partial charge in [-0.1, -0.05) is 31.7 Å². The molecule has 0 atom stereocenters. The third-order valence-electron chi connectivity index (χ3n) is 16.7. The number of nitrogens with one attached hydrogen (secondary N) is 5. The fourth-order valence-corrected chi connectivity index (χ4v) is 12.6. The first-order valence-corrected chi connectivity index (χ1v) is 42.3. The third-order valence-corrected chi connectivity index (χ3v) is 18.7. The predicted octanol–water partition coefficient (Wildman–Crippen LogP) is 13.4. The molecule has 0 aliphatic carbocycles. The molecule has 0 radical (unpaired) electrons. The van der Waals surface area contributed by atoms with E-state index in [4.69, 9.17) is 99.2 Å². The average molecular weight is 2110 g/mol. The van der Waals surface area contributed by atoms with Crippen LogP contribution < -0.4 is 79.9 Å². The summed E-state index contributed by atoms with van der Waals surface area (Å²) in [5.74, 6) is -0.459. The zero-order valence-corrected chi connectivity index (χ0v) is 80.5. The number of carbonyl (C=O) groups excluding carboxylic acids is 8. The van der Waals surface area contributed by atoms with Gasteiger partial charge in [-0.2, -0.15) is 5.10 Å². The van der Waals surface area contributed by atoms with Crippen molar-refractivity contribution in [1.29, 1.82) is 11.1 Å². The first-order valence-electron chi connectivity index (χ1n) is 37.8. The second kappa shape index (κ2) is 66.5. The van der Waals surface area contributed by atoms with Crippen molar-refractivity contribution in [2.45, 2.75) is 59.8 Å². The number of methoxy groups -OCH3 is 13. The van der Waals surface area contributed by atoms with Gasteiger partial charge in [0.2, 0.25) is 34.7 Å². The number of hydrazine groups is 1. The summed E-state index contributed by atoms with van der Waals surface area (Å²) in [6.07, 6.45) is 0.371. The predicted molar refractivity (Wildman–Crippen MR) is 505 cm³/mol. The molecule has 0 saturated carbocycles. The van der Waals surface area contributed by atoms with Crippen LogP contribution in [0, 0.1) is 22.7 Å². The fraction of sp³-hybridized carbons (Fsp3) is 0.329. The van der Waals surface area contributed by atoms with Gasteiger partial charge in [0.15, 0.2) is 74.8 Å². The summed E-state index contributed by atoms with van der Waals surface area (Å²) in [5, 5.41) is 68.7. The molecule has 0 bridgehead atoms. The number of phenols is 4. The summed E-state index contributed by atoms with van der Waals surface area (Å²) >= 11 is 11.8. The Hall–Kier alpha value is -12.8. The number of carboxylic acids is 2. The van der Waals surface area contributed by atoms with E-state index in [0.717, 1.165) is 0 Å². The number of aromatic carboxylic acids is 2. The van der Waals surface area contributed by atoms with Crippen molar-refractivity contribution in [3.8, 4) is 86.2 Å². The molecule has 40 nitrogen and oxygen atoms in total. The van der Waals surface area contributed by atoms with Crippen LogP contribution in [-0.2, 0) is 38.1 Å². The maximum atomic E-state index is 14.1. The van der Waals surface area contributed by atoms with Crippen molar-refractivity contribution in [1.82, 2.24) is 16.2 Å². The number of benzene rings is 7. The van der Waals surface area contributed by atoms with Crippen molar-refractivity contribution >= 4 is 158 Å². The number of ketones is 3. The van der Waals surface area contributed by atoms with E-state index >= 15 is 0 Å². The van der Waals surface area contributed by atoms with E-state index in [-0.39, 0.29) is 189 Å². The molecule has 2 heterocycles.